The Hall–Kier alpha value is -2.27. The van der Waals surface area contributed by atoms with Crippen LogP contribution in [0, 0.1) is 0 Å². The van der Waals surface area contributed by atoms with Crippen LogP contribution in [0.5, 0.6) is 0 Å². The third-order valence-corrected chi connectivity index (χ3v) is 4.46. The number of rotatable bonds is 3. The molecule has 0 bridgehead atoms. The molecular weight excluding hydrogens is 316 g/mol. The average Bonchev–Trinajstić information content (AvgIpc) is 2.93. The minimum Gasteiger partial charge on any atom is -0.348 e. The fourth-order valence-corrected chi connectivity index (χ4v) is 3.04. The van der Waals surface area contributed by atoms with Crippen molar-refractivity contribution in [2.24, 2.45) is 5.10 Å². The van der Waals surface area contributed by atoms with Crippen LogP contribution >= 0.6 is 12.2 Å². The zero-order chi connectivity index (χ0) is 16.6. The fourth-order valence-electron chi connectivity index (χ4n) is 2.82. The summed E-state index contributed by atoms with van der Waals surface area (Å²) < 4.78 is 0. The maximum atomic E-state index is 5.54. The van der Waals surface area contributed by atoms with Crippen LogP contribution < -0.4 is 5.43 Å². The van der Waals surface area contributed by atoms with E-state index in [1.54, 1.807) is 6.20 Å². The summed E-state index contributed by atoms with van der Waals surface area (Å²) in [5, 5.41) is 5.29. The number of hydrogen-bond acceptors (Lipinski definition) is 3. The van der Waals surface area contributed by atoms with E-state index in [1.807, 2.05) is 48.5 Å². The number of aromatic nitrogens is 1. The molecule has 1 fully saturated rings. The lowest BCUT2D eigenvalue weighted by Crippen LogP contribution is -2.38. The summed E-state index contributed by atoms with van der Waals surface area (Å²) in [4.78, 5) is 6.65. The molecule has 1 saturated heterocycles. The van der Waals surface area contributed by atoms with Gasteiger partial charge in [-0.2, -0.15) is 5.10 Å². The van der Waals surface area contributed by atoms with Gasteiger partial charge in [-0.15, -0.1) is 0 Å². The molecule has 5 heteroatoms. The van der Waals surface area contributed by atoms with Gasteiger partial charge in [0.25, 0.3) is 0 Å². The van der Waals surface area contributed by atoms with Crippen molar-refractivity contribution in [3.8, 4) is 0 Å². The molecule has 0 aliphatic carbocycles. The summed E-state index contributed by atoms with van der Waals surface area (Å²) in [6, 6.07) is 15.9. The Morgan fingerprint density at radius 2 is 1.67 bits per heavy atom. The van der Waals surface area contributed by atoms with Gasteiger partial charge in [-0.25, -0.2) is 0 Å². The Morgan fingerprint density at radius 1 is 0.958 bits per heavy atom. The molecule has 1 aliphatic heterocycles. The Kier molecular flexibility index (Phi) is 5.90. The van der Waals surface area contributed by atoms with Crippen LogP contribution in [0.4, 0.5) is 0 Å². The van der Waals surface area contributed by atoms with E-state index in [-0.39, 0.29) is 0 Å². The predicted octanol–water partition coefficient (Wildman–Crippen LogP) is 3.58. The molecule has 0 spiro atoms. The van der Waals surface area contributed by atoms with Crippen molar-refractivity contribution in [1.82, 2.24) is 15.3 Å². The molecule has 0 amide bonds. The van der Waals surface area contributed by atoms with E-state index in [2.05, 4.69) is 20.4 Å². The molecule has 1 aromatic heterocycles. The molecule has 4 nitrogen and oxygen atoms in total. The molecule has 124 valence electrons. The molecule has 0 unspecified atom stereocenters. The average molecular weight is 338 g/mol. The molecule has 2 heterocycles. The van der Waals surface area contributed by atoms with Gasteiger partial charge in [0.1, 0.15) is 5.71 Å². The maximum Gasteiger partial charge on any atom is 0.189 e. The van der Waals surface area contributed by atoms with Crippen molar-refractivity contribution in [2.45, 2.75) is 25.7 Å². The number of nitrogens with one attached hydrogen (secondary N) is 1. The third kappa shape index (κ3) is 4.38. The summed E-state index contributed by atoms with van der Waals surface area (Å²) in [5.74, 6) is 0. The molecule has 1 aliphatic rings. The molecule has 0 radical (unpaired) electrons. The van der Waals surface area contributed by atoms with Gasteiger partial charge < -0.3 is 4.90 Å². The first-order valence-corrected chi connectivity index (χ1v) is 8.85. The van der Waals surface area contributed by atoms with Gasteiger partial charge in [0, 0.05) is 24.8 Å². The summed E-state index contributed by atoms with van der Waals surface area (Å²) in [5.41, 5.74) is 5.73. The van der Waals surface area contributed by atoms with Gasteiger partial charge in [0.15, 0.2) is 5.11 Å². The second-order valence-electron chi connectivity index (χ2n) is 5.86. The molecule has 24 heavy (non-hydrogen) atoms. The van der Waals surface area contributed by atoms with Crippen molar-refractivity contribution in [3.05, 3.63) is 66.0 Å². The number of thiocarbonyl (C=S) groups is 1. The minimum atomic E-state index is 0.696. The number of benzene rings is 1. The van der Waals surface area contributed by atoms with Crippen molar-refractivity contribution in [2.75, 3.05) is 13.1 Å². The normalized spacial score (nSPS) is 15.7. The van der Waals surface area contributed by atoms with Crippen LogP contribution in [0.2, 0.25) is 0 Å². The Balaban J connectivity index is 1.80. The lowest BCUT2D eigenvalue weighted by molar-refractivity contribution is 0.428. The molecule has 0 saturated carbocycles. The smallest absolute Gasteiger partial charge is 0.189 e. The first kappa shape index (κ1) is 16.6. The van der Waals surface area contributed by atoms with Gasteiger partial charge in [-0.05, 0) is 37.2 Å². The van der Waals surface area contributed by atoms with Gasteiger partial charge in [-0.1, -0.05) is 49.2 Å². The highest BCUT2D eigenvalue weighted by Crippen LogP contribution is 2.11. The Labute approximate surface area is 148 Å². The van der Waals surface area contributed by atoms with Crippen LogP contribution in [0.1, 0.15) is 36.9 Å². The summed E-state index contributed by atoms with van der Waals surface area (Å²) in [6.45, 7) is 2.01. The van der Waals surface area contributed by atoms with Crippen LogP contribution in [-0.4, -0.2) is 33.8 Å². The highest BCUT2D eigenvalue weighted by Gasteiger charge is 2.13. The summed E-state index contributed by atoms with van der Waals surface area (Å²) in [6.07, 6.45) is 6.73. The van der Waals surface area contributed by atoms with Crippen molar-refractivity contribution in [3.63, 3.8) is 0 Å². The van der Waals surface area contributed by atoms with E-state index in [4.69, 9.17) is 12.2 Å². The highest BCUT2D eigenvalue weighted by atomic mass is 32.1. The van der Waals surface area contributed by atoms with Gasteiger partial charge in [0.2, 0.25) is 0 Å². The third-order valence-electron chi connectivity index (χ3n) is 4.11. The SMILES string of the molecule is S=C(NN=C(c1ccccc1)c1ccccn1)N1CCCCCC1. The van der Waals surface area contributed by atoms with E-state index in [9.17, 15) is 0 Å². The Morgan fingerprint density at radius 3 is 2.33 bits per heavy atom. The van der Waals surface area contributed by atoms with Gasteiger partial charge in [0.05, 0.1) is 5.69 Å². The van der Waals surface area contributed by atoms with Crippen LogP contribution in [0.15, 0.2) is 59.8 Å². The summed E-state index contributed by atoms with van der Waals surface area (Å²) in [7, 11) is 0. The van der Waals surface area contributed by atoms with E-state index >= 15 is 0 Å². The standard InChI is InChI=1S/C19H22N4S/c24-19(23-14-8-1-2-9-15-23)22-21-18(16-10-4-3-5-11-16)17-12-6-7-13-20-17/h3-7,10-13H,1-2,8-9,14-15H2,(H,22,24). The number of hydrogen-bond donors (Lipinski definition) is 1. The largest absolute Gasteiger partial charge is 0.348 e. The second-order valence-corrected chi connectivity index (χ2v) is 6.25. The number of pyridine rings is 1. The zero-order valence-corrected chi connectivity index (χ0v) is 14.5. The first-order chi connectivity index (χ1) is 11.8. The fraction of sp³-hybridized carbons (Fsp3) is 0.316. The van der Waals surface area contributed by atoms with Crippen LogP contribution in [-0.2, 0) is 0 Å². The predicted molar refractivity (Wildman–Crippen MR) is 102 cm³/mol. The maximum absolute atomic E-state index is 5.54. The van der Waals surface area contributed by atoms with Crippen molar-refractivity contribution < 1.29 is 0 Å². The first-order valence-electron chi connectivity index (χ1n) is 8.44. The van der Waals surface area contributed by atoms with Crippen molar-refractivity contribution in [1.29, 1.82) is 0 Å². The number of nitrogens with zero attached hydrogens (tertiary/aromatic N) is 3. The molecule has 3 rings (SSSR count). The van der Waals surface area contributed by atoms with E-state index < -0.39 is 0 Å². The number of likely N-dealkylation sites (tertiary alicyclic amines) is 1. The molecular formula is C19H22N4S. The van der Waals surface area contributed by atoms with E-state index in [1.165, 1.54) is 25.7 Å². The minimum absolute atomic E-state index is 0.696. The zero-order valence-electron chi connectivity index (χ0n) is 13.7. The molecule has 1 N–H and O–H groups in total. The Bertz CT molecular complexity index is 636. The lowest BCUT2D eigenvalue weighted by atomic mass is 10.1. The number of hydrazone groups is 1. The van der Waals surface area contributed by atoms with Crippen molar-refractivity contribution >= 4 is 23.0 Å². The lowest BCUT2D eigenvalue weighted by Gasteiger charge is -2.22. The summed E-state index contributed by atoms with van der Waals surface area (Å²) >= 11 is 5.54. The monoisotopic (exact) mass is 338 g/mol. The highest BCUT2D eigenvalue weighted by molar-refractivity contribution is 7.80. The second kappa shape index (κ2) is 8.55. The van der Waals surface area contributed by atoms with Crippen LogP contribution in [0.3, 0.4) is 0 Å². The van der Waals surface area contributed by atoms with E-state index in [0.29, 0.717) is 5.11 Å². The van der Waals surface area contributed by atoms with Gasteiger partial charge >= 0.3 is 0 Å². The quantitative estimate of drug-likeness (QED) is 0.527. The molecule has 1 aromatic carbocycles. The van der Waals surface area contributed by atoms with Crippen LogP contribution in [0.25, 0.3) is 0 Å². The van der Waals surface area contributed by atoms with E-state index in [0.717, 1.165) is 30.1 Å². The topological polar surface area (TPSA) is 40.5 Å². The van der Waals surface area contributed by atoms with Gasteiger partial charge in [-0.3, -0.25) is 10.4 Å². The molecule has 2 aromatic rings. The molecule has 0 atom stereocenters.